The summed E-state index contributed by atoms with van der Waals surface area (Å²) in [4.78, 5) is 41.6. The Morgan fingerprint density at radius 1 is 0.694 bits per heavy atom. The quantitative estimate of drug-likeness (QED) is 0.448. The van der Waals surface area contributed by atoms with E-state index in [0.29, 0.717) is 13.1 Å². The van der Waals surface area contributed by atoms with Gasteiger partial charge in [0.05, 0.1) is 0 Å². The van der Waals surface area contributed by atoms with Crippen LogP contribution in [0.5, 0.6) is 0 Å². The van der Waals surface area contributed by atoms with Crippen LogP contribution in [0.4, 0.5) is 17.6 Å². The molecule has 0 spiro atoms. The van der Waals surface area contributed by atoms with E-state index >= 15 is 0 Å². The molecule has 188 valence electrons. The molecule has 0 unspecified atom stereocenters. The number of ketones is 1. The van der Waals surface area contributed by atoms with Gasteiger partial charge in [-0.2, -0.15) is 0 Å². The number of carbonyl (C=O) groups is 3. The van der Waals surface area contributed by atoms with E-state index in [2.05, 4.69) is 0 Å². The van der Waals surface area contributed by atoms with Crippen LogP contribution in [0.25, 0.3) is 12.2 Å². The number of halogens is 4. The largest absolute Gasteiger partial charge is 0.343 e. The zero-order chi connectivity index (χ0) is 25.8. The highest BCUT2D eigenvalue weighted by molar-refractivity contribution is 6.15. The van der Waals surface area contributed by atoms with Gasteiger partial charge in [-0.1, -0.05) is 12.1 Å². The Morgan fingerprint density at radius 3 is 1.58 bits per heavy atom. The topological polar surface area (TPSA) is 57.7 Å². The molecule has 0 aliphatic carbocycles. The molecule has 9 heteroatoms. The predicted molar refractivity (Wildman–Crippen MR) is 125 cm³/mol. The molecule has 2 heterocycles. The second kappa shape index (κ2) is 10.9. The summed E-state index contributed by atoms with van der Waals surface area (Å²) in [5.74, 6) is -5.17. The van der Waals surface area contributed by atoms with Crippen LogP contribution in [-0.2, 0) is 14.4 Å². The van der Waals surface area contributed by atoms with Crippen LogP contribution in [0.2, 0.25) is 0 Å². The SMILES string of the molecule is O=C1C(=Cc2ccc(F)c(F)c2)CN(C(=O)CCC(=O)N2CCCC2)CC1=Cc1ccc(F)c(F)c1. The molecule has 36 heavy (non-hydrogen) atoms. The van der Waals surface area contributed by atoms with E-state index < -0.39 is 29.1 Å². The Bertz CT molecular complexity index is 1190. The molecular formula is C27H24F4N2O3. The van der Waals surface area contributed by atoms with Crippen LogP contribution in [0, 0.1) is 23.3 Å². The van der Waals surface area contributed by atoms with Crippen molar-refractivity contribution in [3.05, 3.63) is 81.9 Å². The molecule has 4 rings (SSSR count). The van der Waals surface area contributed by atoms with E-state index in [-0.39, 0.29) is 60.0 Å². The average molecular weight is 500 g/mol. The zero-order valence-electron chi connectivity index (χ0n) is 19.4. The van der Waals surface area contributed by atoms with Crippen molar-refractivity contribution in [1.29, 1.82) is 0 Å². The first-order valence-corrected chi connectivity index (χ1v) is 11.6. The van der Waals surface area contributed by atoms with Crippen molar-refractivity contribution in [3.63, 3.8) is 0 Å². The van der Waals surface area contributed by atoms with Crippen LogP contribution < -0.4 is 0 Å². The number of hydrogen-bond acceptors (Lipinski definition) is 3. The van der Waals surface area contributed by atoms with Crippen LogP contribution in [-0.4, -0.2) is 53.6 Å². The minimum atomic E-state index is -1.08. The van der Waals surface area contributed by atoms with Gasteiger partial charge in [0.1, 0.15) is 0 Å². The maximum Gasteiger partial charge on any atom is 0.223 e. The van der Waals surface area contributed by atoms with Crippen LogP contribution in [0.3, 0.4) is 0 Å². The van der Waals surface area contributed by atoms with Crippen molar-refractivity contribution in [2.45, 2.75) is 25.7 Å². The van der Waals surface area contributed by atoms with Crippen molar-refractivity contribution >= 4 is 29.7 Å². The van der Waals surface area contributed by atoms with E-state index in [1.807, 2.05) is 0 Å². The van der Waals surface area contributed by atoms with Gasteiger partial charge in [0.2, 0.25) is 11.8 Å². The third-order valence-corrected chi connectivity index (χ3v) is 6.24. The molecule has 2 amide bonds. The summed E-state index contributed by atoms with van der Waals surface area (Å²) in [5.41, 5.74) is 0.728. The Kier molecular flexibility index (Phi) is 7.67. The number of likely N-dealkylation sites (tertiary alicyclic amines) is 2. The Hall–Kier alpha value is -3.75. The first-order valence-electron chi connectivity index (χ1n) is 11.6. The van der Waals surface area contributed by atoms with E-state index in [1.54, 1.807) is 4.90 Å². The molecule has 0 N–H and O–H groups in total. The fourth-order valence-corrected chi connectivity index (χ4v) is 4.32. The van der Waals surface area contributed by atoms with Gasteiger partial charge in [0.15, 0.2) is 29.1 Å². The molecule has 2 aliphatic heterocycles. The van der Waals surface area contributed by atoms with Crippen LogP contribution in [0.15, 0.2) is 47.5 Å². The second-order valence-electron chi connectivity index (χ2n) is 8.85. The summed E-state index contributed by atoms with van der Waals surface area (Å²) >= 11 is 0. The number of rotatable bonds is 5. The lowest BCUT2D eigenvalue weighted by atomic mass is 9.93. The zero-order valence-corrected chi connectivity index (χ0v) is 19.4. The van der Waals surface area contributed by atoms with Gasteiger partial charge in [-0.3, -0.25) is 14.4 Å². The lowest BCUT2D eigenvalue weighted by Gasteiger charge is -2.30. The van der Waals surface area contributed by atoms with E-state index in [1.165, 1.54) is 29.2 Å². The molecule has 0 atom stereocenters. The summed E-state index contributed by atoms with van der Waals surface area (Å²) in [7, 11) is 0. The minimum Gasteiger partial charge on any atom is -0.343 e. The molecule has 2 aliphatic rings. The number of amides is 2. The molecule has 0 radical (unpaired) electrons. The van der Waals surface area contributed by atoms with Gasteiger partial charge in [-0.25, -0.2) is 17.6 Å². The van der Waals surface area contributed by atoms with E-state index in [4.69, 9.17) is 0 Å². The first-order chi connectivity index (χ1) is 17.2. The number of piperidine rings is 1. The van der Waals surface area contributed by atoms with Crippen molar-refractivity contribution in [1.82, 2.24) is 9.80 Å². The molecule has 2 aromatic carbocycles. The lowest BCUT2D eigenvalue weighted by Crippen LogP contribution is -2.42. The minimum absolute atomic E-state index is 0.0354. The Morgan fingerprint density at radius 2 is 1.14 bits per heavy atom. The molecule has 2 fully saturated rings. The Labute approximate surface area is 205 Å². The monoisotopic (exact) mass is 500 g/mol. The van der Waals surface area contributed by atoms with Crippen molar-refractivity contribution in [3.8, 4) is 0 Å². The number of benzene rings is 2. The Balaban J connectivity index is 1.60. The summed E-state index contributed by atoms with van der Waals surface area (Å²) in [6.07, 6.45) is 4.57. The lowest BCUT2D eigenvalue weighted by molar-refractivity contribution is -0.136. The highest BCUT2D eigenvalue weighted by Crippen LogP contribution is 2.24. The number of carbonyl (C=O) groups excluding carboxylic acids is 3. The predicted octanol–water partition coefficient (Wildman–Crippen LogP) is 4.52. The molecule has 0 bridgehead atoms. The van der Waals surface area contributed by atoms with E-state index in [0.717, 1.165) is 37.1 Å². The van der Waals surface area contributed by atoms with Crippen molar-refractivity contribution in [2.75, 3.05) is 26.2 Å². The summed E-state index contributed by atoms with van der Waals surface area (Å²) < 4.78 is 54.1. The highest BCUT2D eigenvalue weighted by Gasteiger charge is 2.30. The molecule has 0 saturated carbocycles. The van der Waals surface area contributed by atoms with Crippen LogP contribution in [0.1, 0.15) is 36.8 Å². The summed E-state index contributed by atoms with van der Waals surface area (Å²) in [6.45, 7) is 1.16. The van der Waals surface area contributed by atoms with Gasteiger partial charge in [-0.15, -0.1) is 0 Å². The molecule has 2 saturated heterocycles. The molecule has 2 aromatic rings. The summed E-state index contributed by atoms with van der Waals surface area (Å²) in [6, 6.07) is 6.33. The normalized spacial score (nSPS) is 18.4. The average Bonchev–Trinajstić information content (AvgIpc) is 3.39. The third kappa shape index (κ3) is 5.90. The summed E-state index contributed by atoms with van der Waals surface area (Å²) in [5, 5.41) is 0. The maximum absolute atomic E-state index is 13.7. The van der Waals surface area contributed by atoms with Crippen molar-refractivity contribution < 1.29 is 31.9 Å². The standard InChI is InChI=1S/C27H24F4N2O3/c28-21-5-3-17(13-23(21)30)11-19-15-33(26(35)8-7-25(34)32-9-1-2-10-32)16-20(27(19)36)12-18-4-6-22(29)24(31)14-18/h3-6,11-14H,1-2,7-10,15-16H2. The second-order valence-corrected chi connectivity index (χ2v) is 8.85. The highest BCUT2D eigenvalue weighted by atomic mass is 19.2. The number of nitrogens with zero attached hydrogens (tertiary/aromatic N) is 2. The van der Waals surface area contributed by atoms with Gasteiger partial charge >= 0.3 is 0 Å². The van der Waals surface area contributed by atoms with Gasteiger partial charge in [0.25, 0.3) is 0 Å². The maximum atomic E-state index is 13.7. The van der Waals surface area contributed by atoms with Gasteiger partial charge in [0, 0.05) is 50.2 Å². The van der Waals surface area contributed by atoms with Crippen molar-refractivity contribution in [2.24, 2.45) is 0 Å². The van der Waals surface area contributed by atoms with Crippen LogP contribution >= 0.6 is 0 Å². The smallest absolute Gasteiger partial charge is 0.223 e. The van der Waals surface area contributed by atoms with Gasteiger partial charge < -0.3 is 9.80 Å². The molecular weight excluding hydrogens is 476 g/mol. The fraction of sp³-hybridized carbons (Fsp3) is 0.296. The fourth-order valence-electron chi connectivity index (χ4n) is 4.32. The van der Waals surface area contributed by atoms with E-state index in [9.17, 15) is 31.9 Å². The van der Waals surface area contributed by atoms with Gasteiger partial charge in [-0.05, 0) is 60.4 Å². The first kappa shape index (κ1) is 25.3. The molecule has 5 nitrogen and oxygen atoms in total. The third-order valence-electron chi connectivity index (χ3n) is 6.24. The number of hydrogen-bond donors (Lipinski definition) is 0. The number of Topliss-reactive ketones (excluding diaryl/α,β-unsaturated/α-hetero) is 1. The molecule has 0 aromatic heterocycles.